The number of carbonyl (C=O) groups is 2. The summed E-state index contributed by atoms with van der Waals surface area (Å²) in [7, 11) is 0. The Balaban J connectivity index is 1.65. The van der Waals surface area contributed by atoms with Crippen molar-refractivity contribution in [2.75, 3.05) is 11.9 Å². The van der Waals surface area contributed by atoms with E-state index in [1.807, 2.05) is 31.2 Å². The minimum absolute atomic E-state index is 0.00469. The summed E-state index contributed by atoms with van der Waals surface area (Å²) in [5.41, 5.74) is 1.82. The van der Waals surface area contributed by atoms with Gasteiger partial charge in [0.2, 0.25) is 5.91 Å². The summed E-state index contributed by atoms with van der Waals surface area (Å²) in [5.74, 6) is -0.00469. The van der Waals surface area contributed by atoms with Crippen molar-refractivity contribution in [3.63, 3.8) is 0 Å². The van der Waals surface area contributed by atoms with Gasteiger partial charge >= 0.3 is 6.03 Å². The van der Waals surface area contributed by atoms with E-state index in [-0.39, 0.29) is 18.0 Å². The number of para-hydroxylation sites is 1. The second-order valence-electron chi connectivity index (χ2n) is 5.88. The fraction of sp³-hybridized carbons (Fsp3) is 0.500. The van der Waals surface area contributed by atoms with Crippen molar-refractivity contribution in [3.8, 4) is 0 Å². The Morgan fingerprint density at radius 3 is 2.67 bits per heavy atom. The van der Waals surface area contributed by atoms with Crippen molar-refractivity contribution in [1.29, 1.82) is 0 Å². The number of likely N-dealkylation sites (tertiary alicyclic amines) is 1. The lowest BCUT2D eigenvalue weighted by molar-refractivity contribution is -0.124. The van der Waals surface area contributed by atoms with Crippen LogP contribution in [0.2, 0.25) is 0 Å². The third-order valence-electron chi connectivity index (χ3n) is 4.13. The molecule has 1 aliphatic heterocycles. The van der Waals surface area contributed by atoms with Crippen molar-refractivity contribution in [2.45, 2.75) is 44.7 Å². The maximum Gasteiger partial charge on any atom is 0.322 e. The van der Waals surface area contributed by atoms with Crippen LogP contribution in [0.3, 0.4) is 0 Å². The second kappa shape index (κ2) is 5.76. The fourth-order valence-corrected chi connectivity index (χ4v) is 2.71. The average Bonchev–Trinajstić information content (AvgIpc) is 3.14. The molecule has 1 aliphatic carbocycles. The predicted molar refractivity (Wildman–Crippen MR) is 81.1 cm³/mol. The Hall–Kier alpha value is -2.04. The zero-order valence-corrected chi connectivity index (χ0v) is 12.3. The van der Waals surface area contributed by atoms with Crippen LogP contribution in [0.4, 0.5) is 10.5 Å². The van der Waals surface area contributed by atoms with E-state index in [4.69, 9.17) is 0 Å². The molecule has 5 nitrogen and oxygen atoms in total. The van der Waals surface area contributed by atoms with Crippen molar-refractivity contribution in [1.82, 2.24) is 10.2 Å². The highest BCUT2D eigenvalue weighted by molar-refractivity contribution is 5.94. The van der Waals surface area contributed by atoms with Crippen LogP contribution in [0.25, 0.3) is 0 Å². The Morgan fingerprint density at radius 2 is 1.95 bits per heavy atom. The first kappa shape index (κ1) is 13.9. The van der Waals surface area contributed by atoms with Gasteiger partial charge in [0.05, 0.1) is 0 Å². The Kier molecular flexibility index (Phi) is 3.82. The van der Waals surface area contributed by atoms with Crippen molar-refractivity contribution in [3.05, 3.63) is 29.8 Å². The molecule has 0 aromatic heterocycles. The molecular formula is C16H21N3O2. The molecule has 1 saturated heterocycles. The highest BCUT2D eigenvalue weighted by Gasteiger charge is 2.36. The van der Waals surface area contributed by atoms with Crippen molar-refractivity contribution in [2.24, 2.45) is 0 Å². The molecule has 2 fully saturated rings. The molecule has 1 aromatic carbocycles. The highest BCUT2D eigenvalue weighted by Crippen LogP contribution is 2.23. The summed E-state index contributed by atoms with van der Waals surface area (Å²) >= 11 is 0. The van der Waals surface area contributed by atoms with Gasteiger partial charge < -0.3 is 15.5 Å². The van der Waals surface area contributed by atoms with E-state index >= 15 is 0 Å². The number of anilines is 1. The monoisotopic (exact) mass is 287 g/mol. The molecule has 0 spiro atoms. The smallest absolute Gasteiger partial charge is 0.322 e. The molecule has 3 rings (SSSR count). The fourth-order valence-electron chi connectivity index (χ4n) is 2.71. The number of amides is 3. The van der Waals surface area contributed by atoms with Gasteiger partial charge in [-0.05, 0) is 44.2 Å². The van der Waals surface area contributed by atoms with Gasteiger partial charge in [-0.15, -0.1) is 0 Å². The zero-order chi connectivity index (χ0) is 14.8. The van der Waals surface area contributed by atoms with Crippen LogP contribution in [-0.4, -0.2) is 35.5 Å². The molecule has 2 N–H and O–H groups in total. The van der Waals surface area contributed by atoms with Crippen LogP contribution in [0, 0.1) is 6.92 Å². The molecule has 112 valence electrons. The van der Waals surface area contributed by atoms with Gasteiger partial charge in [0.15, 0.2) is 0 Å². The third-order valence-corrected chi connectivity index (χ3v) is 4.13. The lowest BCUT2D eigenvalue weighted by Gasteiger charge is -2.24. The standard InChI is InChI=1S/C16H21N3O2/c1-11-5-2-3-6-13(11)18-16(21)19-10-4-7-14(19)15(20)17-12-8-9-12/h2-3,5-6,12,14H,4,7-10H2,1H3,(H,17,20)(H,18,21)/t14-/m1/s1. The first-order valence-electron chi connectivity index (χ1n) is 7.59. The molecule has 3 amide bonds. The summed E-state index contributed by atoms with van der Waals surface area (Å²) in [4.78, 5) is 26.3. The van der Waals surface area contributed by atoms with Gasteiger partial charge in [-0.2, -0.15) is 0 Å². The van der Waals surface area contributed by atoms with Crippen LogP contribution in [-0.2, 0) is 4.79 Å². The molecule has 1 heterocycles. The average molecular weight is 287 g/mol. The van der Waals surface area contributed by atoms with Crippen LogP contribution in [0.5, 0.6) is 0 Å². The SMILES string of the molecule is Cc1ccccc1NC(=O)N1CCC[C@@H]1C(=O)NC1CC1. The Labute approximate surface area is 124 Å². The number of nitrogens with one attached hydrogen (secondary N) is 2. The minimum Gasteiger partial charge on any atom is -0.352 e. The topological polar surface area (TPSA) is 61.4 Å². The molecular weight excluding hydrogens is 266 g/mol. The maximum absolute atomic E-state index is 12.4. The zero-order valence-electron chi connectivity index (χ0n) is 12.3. The van der Waals surface area contributed by atoms with E-state index in [1.54, 1.807) is 4.90 Å². The maximum atomic E-state index is 12.4. The number of aryl methyl sites for hydroxylation is 1. The van der Waals surface area contributed by atoms with E-state index in [9.17, 15) is 9.59 Å². The Morgan fingerprint density at radius 1 is 1.19 bits per heavy atom. The van der Waals surface area contributed by atoms with E-state index < -0.39 is 0 Å². The van der Waals surface area contributed by atoms with Gasteiger partial charge in [0, 0.05) is 18.3 Å². The van der Waals surface area contributed by atoms with E-state index in [2.05, 4.69) is 10.6 Å². The largest absolute Gasteiger partial charge is 0.352 e. The van der Waals surface area contributed by atoms with E-state index in [0.29, 0.717) is 12.6 Å². The first-order valence-corrected chi connectivity index (χ1v) is 7.59. The van der Waals surface area contributed by atoms with Gasteiger partial charge in [-0.25, -0.2) is 4.79 Å². The normalized spacial score (nSPS) is 21.2. The first-order chi connectivity index (χ1) is 10.1. The highest BCUT2D eigenvalue weighted by atomic mass is 16.2. The van der Waals surface area contributed by atoms with Crippen LogP contribution < -0.4 is 10.6 Å². The molecule has 0 unspecified atom stereocenters. The lowest BCUT2D eigenvalue weighted by Crippen LogP contribution is -2.48. The third kappa shape index (κ3) is 3.17. The summed E-state index contributed by atoms with van der Waals surface area (Å²) in [6.07, 6.45) is 3.76. The molecule has 0 bridgehead atoms. The number of hydrogen-bond acceptors (Lipinski definition) is 2. The molecule has 0 radical (unpaired) electrons. The summed E-state index contributed by atoms with van der Waals surface area (Å²) in [6, 6.07) is 7.49. The number of benzene rings is 1. The van der Waals surface area contributed by atoms with Gasteiger partial charge in [0.1, 0.15) is 6.04 Å². The van der Waals surface area contributed by atoms with Gasteiger partial charge in [-0.1, -0.05) is 18.2 Å². The lowest BCUT2D eigenvalue weighted by atomic mass is 10.2. The number of nitrogens with zero attached hydrogens (tertiary/aromatic N) is 1. The van der Waals surface area contributed by atoms with Crippen LogP contribution in [0.1, 0.15) is 31.2 Å². The predicted octanol–water partition coefficient (Wildman–Crippen LogP) is 2.27. The summed E-state index contributed by atoms with van der Waals surface area (Å²) in [5, 5.41) is 5.91. The minimum atomic E-state index is -0.324. The van der Waals surface area contributed by atoms with E-state index in [0.717, 1.165) is 36.9 Å². The van der Waals surface area contributed by atoms with E-state index in [1.165, 1.54) is 0 Å². The van der Waals surface area contributed by atoms with Crippen molar-refractivity contribution < 1.29 is 9.59 Å². The number of urea groups is 1. The second-order valence-corrected chi connectivity index (χ2v) is 5.88. The molecule has 21 heavy (non-hydrogen) atoms. The molecule has 2 aliphatic rings. The molecule has 1 aromatic rings. The van der Waals surface area contributed by atoms with Gasteiger partial charge in [-0.3, -0.25) is 4.79 Å². The van der Waals surface area contributed by atoms with Crippen LogP contribution in [0.15, 0.2) is 24.3 Å². The number of hydrogen-bond donors (Lipinski definition) is 2. The number of carbonyl (C=O) groups excluding carboxylic acids is 2. The summed E-state index contributed by atoms with van der Waals surface area (Å²) in [6.45, 7) is 2.59. The number of rotatable bonds is 3. The van der Waals surface area contributed by atoms with Crippen molar-refractivity contribution >= 4 is 17.6 Å². The Bertz CT molecular complexity index is 554. The van der Waals surface area contributed by atoms with Crippen LogP contribution >= 0.6 is 0 Å². The molecule has 1 saturated carbocycles. The molecule has 1 atom stereocenters. The van der Waals surface area contributed by atoms with Gasteiger partial charge in [0.25, 0.3) is 0 Å². The molecule has 5 heteroatoms. The quantitative estimate of drug-likeness (QED) is 0.896. The summed E-state index contributed by atoms with van der Waals surface area (Å²) < 4.78 is 0.